The molecular weight excluding hydrogens is 398 g/mol. The Kier molecular flexibility index (Phi) is 6.63. The van der Waals surface area contributed by atoms with Gasteiger partial charge >= 0.3 is 11.9 Å². The SMILES string of the molecule is CC(=O)O[C@@H]1[C@@H](Cc2ccc(OCc3ccccc3)cc2)N(C)C(=O)[C@]1(C)OC(C)=O. The third kappa shape index (κ3) is 5.05. The molecule has 0 aromatic heterocycles. The highest BCUT2D eigenvalue weighted by molar-refractivity contribution is 5.91. The number of nitrogens with zero attached hydrogens (tertiary/aromatic N) is 1. The highest BCUT2D eigenvalue weighted by Gasteiger charge is 2.60. The lowest BCUT2D eigenvalue weighted by Crippen LogP contribution is -2.49. The first kappa shape index (κ1) is 22.3. The van der Waals surface area contributed by atoms with Gasteiger partial charge in [0.15, 0.2) is 6.10 Å². The molecule has 1 saturated heterocycles. The second-order valence-corrected chi connectivity index (χ2v) is 7.84. The van der Waals surface area contributed by atoms with Crippen molar-refractivity contribution >= 4 is 17.8 Å². The molecule has 2 aromatic rings. The van der Waals surface area contributed by atoms with Crippen molar-refractivity contribution in [2.75, 3.05) is 7.05 Å². The Morgan fingerprint density at radius 3 is 2.19 bits per heavy atom. The lowest BCUT2D eigenvalue weighted by atomic mass is 9.93. The predicted octanol–water partition coefficient (Wildman–Crippen LogP) is 2.90. The summed E-state index contributed by atoms with van der Waals surface area (Å²) in [5, 5.41) is 0. The Labute approximate surface area is 181 Å². The minimum Gasteiger partial charge on any atom is -0.489 e. The Morgan fingerprint density at radius 2 is 1.61 bits per heavy atom. The van der Waals surface area contributed by atoms with Crippen molar-refractivity contribution < 1.29 is 28.6 Å². The van der Waals surface area contributed by atoms with Gasteiger partial charge in [0.2, 0.25) is 5.60 Å². The van der Waals surface area contributed by atoms with E-state index in [9.17, 15) is 14.4 Å². The molecule has 0 bridgehead atoms. The van der Waals surface area contributed by atoms with Gasteiger partial charge in [-0.1, -0.05) is 42.5 Å². The Hall–Kier alpha value is -3.35. The standard InChI is InChI=1S/C24H27NO6/c1-16(26)30-22-21(25(4)23(28)24(22,3)31-17(2)27)14-18-10-12-20(13-11-18)29-15-19-8-6-5-7-9-19/h5-13,21-22H,14-15H2,1-4H3/t21-,22-,24-/m1/s1. The van der Waals surface area contributed by atoms with Gasteiger partial charge in [-0.15, -0.1) is 0 Å². The third-order valence-corrected chi connectivity index (χ3v) is 5.40. The second kappa shape index (κ2) is 9.20. The molecule has 3 rings (SSSR count). The minimum atomic E-state index is -1.56. The van der Waals surface area contributed by atoms with E-state index in [1.807, 2.05) is 54.6 Å². The van der Waals surface area contributed by atoms with Crippen LogP contribution in [0.3, 0.4) is 0 Å². The average molecular weight is 425 g/mol. The summed E-state index contributed by atoms with van der Waals surface area (Å²) < 4.78 is 16.6. The maximum atomic E-state index is 12.9. The van der Waals surface area contributed by atoms with E-state index in [0.717, 1.165) is 16.9 Å². The number of rotatable bonds is 7. The van der Waals surface area contributed by atoms with Crippen LogP contribution in [0.15, 0.2) is 54.6 Å². The van der Waals surface area contributed by atoms with E-state index < -0.39 is 35.6 Å². The van der Waals surface area contributed by atoms with Gasteiger partial charge in [0.05, 0.1) is 6.04 Å². The summed E-state index contributed by atoms with van der Waals surface area (Å²) in [6.45, 7) is 4.45. The van der Waals surface area contributed by atoms with Crippen LogP contribution >= 0.6 is 0 Å². The molecule has 1 aliphatic heterocycles. The first-order chi connectivity index (χ1) is 14.7. The van der Waals surface area contributed by atoms with Crippen molar-refractivity contribution in [3.05, 3.63) is 65.7 Å². The van der Waals surface area contributed by atoms with Crippen molar-refractivity contribution in [3.63, 3.8) is 0 Å². The van der Waals surface area contributed by atoms with E-state index in [0.29, 0.717) is 13.0 Å². The smallest absolute Gasteiger partial charge is 0.303 e. The summed E-state index contributed by atoms with van der Waals surface area (Å²) >= 11 is 0. The first-order valence-electron chi connectivity index (χ1n) is 10.1. The van der Waals surface area contributed by atoms with Gasteiger partial charge < -0.3 is 19.1 Å². The highest BCUT2D eigenvalue weighted by atomic mass is 16.6. The van der Waals surface area contributed by atoms with Gasteiger partial charge in [-0.2, -0.15) is 0 Å². The zero-order valence-corrected chi connectivity index (χ0v) is 18.2. The van der Waals surface area contributed by atoms with Crippen molar-refractivity contribution in [2.24, 2.45) is 0 Å². The van der Waals surface area contributed by atoms with Crippen LogP contribution in [0.4, 0.5) is 0 Å². The second-order valence-electron chi connectivity index (χ2n) is 7.84. The Balaban J connectivity index is 1.74. The van der Waals surface area contributed by atoms with Crippen LogP contribution in [0.5, 0.6) is 5.75 Å². The zero-order chi connectivity index (χ0) is 22.6. The predicted molar refractivity (Wildman–Crippen MR) is 113 cm³/mol. The number of carbonyl (C=O) groups excluding carboxylic acids is 3. The van der Waals surface area contributed by atoms with E-state index >= 15 is 0 Å². The molecule has 0 saturated carbocycles. The molecule has 1 amide bonds. The number of carbonyl (C=O) groups is 3. The number of ether oxygens (including phenoxy) is 3. The number of likely N-dealkylation sites (N-methyl/N-ethyl adjacent to an activating group) is 1. The molecule has 164 valence electrons. The molecule has 0 radical (unpaired) electrons. The summed E-state index contributed by atoms with van der Waals surface area (Å²) in [6.07, 6.45) is -0.490. The van der Waals surface area contributed by atoms with Crippen LogP contribution < -0.4 is 4.74 Å². The molecule has 31 heavy (non-hydrogen) atoms. The normalized spacial score (nSPS) is 22.8. The Bertz CT molecular complexity index is 942. The molecule has 7 heteroatoms. The molecule has 1 heterocycles. The monoisotopic (exact) mass is 425 g/mol. The van der Waals surface area contributed by atoms with Crippen LogP contribution in [0.2, 0.25) is 0 Å². The molecule has 0 spiro atoms. The number of hydrogen-bond acceptors (Lipinski definition) is 6. The third-order valence-electron chi connectivity index (χ3n) is 5.40. The van der Waals surface area contributed by atoms with E-state index in [2.05, 4.69) is 0 Å². The van der Waals surface area contributed by atoms with Gasteiger partial charge in [-0.25, -0.2) is 0 Å². The topological polar surface area (TPSA) is 82.1 Å². The van der Waals surface area contributed by atoms with Crippen molar-refractivity contribution in [1.29, 1.82) is 0 Å². The van der Waals surface area contributed by atoms with Crippen LogP contribution in [-0.2, 0) is 36.9 Å². The van der Waals surface area contributed by atoms with Crippen LogP contribution in [-0.4, -0.2) is 47.5 Å². The van der Waals surface area contributed by atoms with Gasteiger partial charge in [0.1, 0.15) is 12.4 Å². The van der Waals surface area contributed by atoms with Crippen molar-refractivity contribution in [2.45, 2.75) is 51.5 Å². The van der Waals surface area contributed by atoms with Crippen LogP contribution in [0, 0.1) is 0 Å². The summed E-state index contributed by atoms with van der Waals surface area (Å²) in [5.74, 6) is -0.824. The van der Waals surface area contributed by atoms with Gasteiger partial charge in [-0.3, -0.25) is 14.4 Å². The molecular formula is C24H27NO6. The average Bonchev–Trinajstić information content (AvgIpc) is 2.89. The molecule has 2 aromatic carbocycles. The summed E-state index contributed by atoms with van der Waals surface area (Å²) in [7, 11) is 1.62. The number of likely N-dealkylation sites (tertiary alicyclic amines) is 1. The summed E-state index contributed by atoms with van der Waals surface area (Å²) in [6, 6.07) is 16.9. The lowest BCUT2D eigenvalue weighted by molar-refractivity contribution is -0.180. The highest BCUT2D eigenvalue weighted by Crippen LogP contribution is 2.35. The van der Waals surface area contributed by atoms with Crippen molar-refractivity contribution in [3.8, 4) is 5.75 Å². The summed E-state index contributed by atoms with van der Waals surface area (Å²) in [4.78, 5) is 37.7. The first-order valence-corrected chi connectivity index (χ1v) is 10.1. The van der Waals surface area contributed by atoms with E-state index in [1.165, 1.54) is 25.7 Å². The van der Waals surface area contributed by atoms with Gasteiger partial charge in [0.25, 0.3) is 5.91 Å². The largest absolute Gasteiger partial charge is 0.489 e. The number of amides is 1. The van der Waals surface area contributed by atoms with Gasteiger partial charge in [-0.05, 0) is 36.6 Å². The Morgan fingerprint density at radius 1 is 0.968 bits per heavy atom. The van der Waals surface area contributed by atoms with E-state index in [-0.39, 0.29) is 0 Å². The maximum Gasteiger partial charge on any atom is 0.303 e. The molecule has 1 fully saturated rings. The molecule has 0 N–H and O–H groups in total. The van der Waals surface area contributed by atoms with Gasteiger partial charge in [0, 0.05) is 20.9 Å². The van der Waals surface area contributed by atoms with E-state index in [4.69, 9.17) is 14.2 Å². The molecule has 1 aliphatic rings. The quantitative estimate of drug-likeness (QED) is 0.635. The van der Waals surface area contributed by atoms with Crippen LogP contribution in [0.25, 0.3) is 0 Å². The fourth-order valence-corrected chi connectivity index (χ4v) is 3.91. The minimum absolute atomic E-state index is 0.401. The maximum absolute atomic E-state index is 12.9. The summed E-state index contributed by atoms with van der Waals surface area (Å²) in [5.41, 5.74) is 0.447. The molecule has 0 aliphatic carbocycles. The fraction of sp³-hybridized carbons (Fsp3) is 0.375. The lowest BCUT2D eigenvalue weighted by Gasteiger charge is -2.29. The van der Waals surface area contributed by atoms with Crippen molar-refractivity contribution in [1.82, 2.24) is 4.90 Å². The molecule has 0 unspecified atom stereocenters. The number of benzene rings is 2. The number of esters is 2. The number of hydrogen-bond donors (Lipinski definition) is 0. The van der Waals surface area contributed by atoms with E-state index in [1.54, 1.807) is 7.05 Å². The van der Waals surface area contributed by atoms with Crippen LogP contribution in [0.1, 0.15) is 31.9 Å². The zero-order valence-electron chi connectivity index (χ0n) is 18.2. The molecule has 7 nitrogen and oxygen atoms in total. The fourth-order valence-electron chi connectivity index (χ4n) is 3.91. The molecule has 3 atom stereocenters.